The fraction of sp³-hybridized carbons (Fsp3) is 0.429. The molecule has 4 nitrogen and oxygen atoms in total. The lowest BCUT2D eigenvalue weighted by Crippen LogP contribution is -2.30. The summed E-state index contributed by atoms with van der Waals surface area (Å²) in [4.78, 5) is 12.4. The van der Waals surface area contributed by atoms with Crippen LogP contribution < -0.4 is 4.90 Å². The van der Waals surface area contributed by atoms with Gasteiger partial charge in [0, 0.05) is 34.6 Å². The topological polar surface area (TPSA) is 33.4 Å². The molecule has 0 saturated heterocycles. The Morgan fingerprint density at radius 2 is 1.85 bits per heavy atom. The van der Waals surface area contributed by atoms with E-state index in [4.69, 9.17) is 33.2 Å². The van der Waals surface area contributed by atoms with Crippen LogP contribution in [0.2, 0.25) is 10.0 Å². The number of nitrogens with zero attached hydrogens (tertiary/aromatic N) is 4. The largest absolute Gasteiger partial charge is 0.350 e. The number of hydrogen-bond acceptors (Lipinski definition) is 3. The molecule has 3 aromatic rings. The van der Waals surface area contributed by atoms with Crippen molar-refractivity contribution in [1.29, 1.82) is 0 Å². The van der Waals surface area contributed by atoms with Crippen LogP contribution in [-0.2, 0) is 6.42 Å². The molecule has 1 aromatic carbocycles. The molecule has 0 bridgehead atoms. The molecule has 2 aromatic heterocycles. The van der Waals surface area contributed by atoms with Crippen molar-refractivity contribution in [3.8, 4) is 11.3 Å². The summed E-state index contributed by atoms with van der Waals surface area (Å²) >= 11 is 12.6. The van der Waals surface area contributed by atoms with Crippen LogP contribution in [0.25, 0.3) is 16.9 Å². The molecule has 0 N–H and O–H groups in total. The zero-order valence-electron chi connectivity index (χ0n) is 15.5. The number of aryl methyl sites for hydroxylation is 2. The van der Waals surface area contributed by atoms with E-state index in [1.165, 1.54) is 31.5 Å². The minimum absolute atomic E-state index is 0.601. The van der Waals surface area contributed by atoms with Gasteiger partial charge in [0.15, 0.2) is 5.65 Å². The zero-order chi connectivity index (χ0) is 18.7. The van der Waals surface area contributed by atoms with E-state index >= 15 is 0 Å². The van der Waals surface area contributed by atoms with E-state index in [1.807, 2.05) is 18.3 Å². The van der Waals surface area contributed by atoms with Crippen molar-refractivity contribution in [3.05, 3.63) is 45.8 Å². The second kappa shape index (κ2) is 6.39. The zero-order valence-corrected chi connectivity index (χ0v) is 17.1. The summed E-state index contributed by atoms with van der Waals surface area (Å²) < 4.78 is 2.29. The van der Waals surface area contributed by atoms with E-state index in [-0.39, 0.29) is 0 Å². The lowest BCUT2D eigenvalue weighted by atomic mass is 10.1. The highest BCUT2D eigenvalue weighted by molar-refractivity contribution is 6.36. The summed E-state index contributed by atoms with van der Waals surface area (Å²) in [6.07, 6.45) is 7.97. The number of imidazole rings is 1. The predicted octanol–water partition coefficient (Wildman–Crippen LogP) is 5.71. The van der Waals surface area contributed by atoms with Crippen LogP contribution in [0.3, 0.4) is 0 Å². The summed E-state index contributed by atoms with van der Waals surface area (Å²) in [5.74, 6) is 1.27. The Morgan fingerprint density at radius 1 is 1.15 bits per heavy atom. The average molecular weight is 401 g/mol. The number of hydrogen-bond donors (Lipinski definition) is 0. The Kier molecular flexibility index (Phi) is 4.10. The van der Waals surface area contributed by atoms with Crippen LogP contribution in [0.4, 0.5) is 5.82 Å². The van der Waals surface area contributed by atoms with Gasteiger partial charge < -0.3 is 4.90 Å². The average Bonchev–Trinajstić information content (AvgIpc) is 3.55. The maximum Gasteiger partial charge on any atom is 0.165 e. The quantitative estimate of drug-likeness (QED) is 0.550. The molecule has 0 radical (unpaired) electrons. The van der Waals surface area contributed by atoms with Crippen LogP contribution in [0.5, 0.6) is 0 Å². The highest BCUT2D eigenvalue weighted by atomic mass is 35.5. The molecule has 0 aliphatic heterocycles. The number of halogens is 2. The Balaban J connectivity index is 1.77. The molecule has 2 saturated carbocycles. The van der Waals surface area contributed by atoms with Gasteiger partial charge in [0.1, 0.15) is 11.5 Å². The molecule has 0 spiro atoms. The molecular formula is C21H22Cl2N4. The lowest BCUT2D eigenvalue weighted by Gasteiger charge is -2.25. The molecule has 2 aliphatic rings. The van der Waals surface area contributed by atoms with Gasteiger partial charge in [-0.2, -0.15) is 0 Å². The van der Waals surface area contributed by atoms with Crippen LogP contribution in [0.15, 0.2) is 24.4 Å². The molecule has 0 unspecified atom stereocenters. The van der Waals surface area contributed by atoms with Crippen LogP contribution >= 0.6 is 23.2 Å². The first-order valence-corrected chi connectivity index (χ1v) is 10.4. The summed E-state index contributed by atoms with van der Waals surface area (Å²) in [6, 6.07) is 6.88. The number of rotatable bonds is 5. The molecular weight excluding hydrogens is 379 g/mol. The van der Waals surface area contributed by atoms with E-state index in [0.29, 0.717) is 22.1 Å². The number of fused-ring (bicyclic) bond motifs is 1. The van der Waals surface area contributed by atoms with Crippen LogP contribution in [0, 0.1) is 6.92 Å². The number of anilines is 1. The van der Waals surface area contributed by atoms with Gasteiger partial charge in [0.05, 0.1) is 10.7 Å². The van der Waals surface area contributed by atoms with Crippen molar-refractivity contribution in [2.75, 3.05) is 4.90 Å². The van der Waals surface area contributed by atoms with E-state index in [2.05, 4.69) is 23.1 Å². The standard InChI is InChI=1S/C21H22Cl2N4/c1-3-18-21(27(14-5-6-14)15-7-8-15)26-12(2)11-24-19(20(26)25-18)16-9-4-13(22)10-17(16)23/h4,9-11,14-15H,3,5-8H2,1-2H3. The molecule has 27 heavy (non-hydrogen) atoms. The maximum atomic E-state index is 6.50. The monoisotopic (exact) mass is 400 g/mol. The molecule has 2 aliphatic carbocycles. The smallest absolute Gasteiger partial charge is 0.165 e. The normalized spacial score (nSPS) is 16.9. The van der Waals surface area contributed by atoms with Crippen molar-refractivity contribution in [3.63, 3.8) is 0 Å². The minimum Gasteiger partial charge on any atom is -0.350 e. The molecule has 2 heterocycles. The Labute approximate surface area is 169 Å². The van der Waals surface area contributed by atoms with Gasteiger partial charge in [-0.25, -0.2) is 4.98 Å². The van der Waals surface area contributed by atoms with E-state index in [9.17, 15) is 0 Å². The van der Waals surface area contributed by atoms with Gasteiger partial charge in [0.25, 0.3) is 0 Å². The summed E-state index contributed by atoms with van der Waals surface area (Å²) in [7, 11) is 0. The second-order valence-electron chi connectivity index (χ2n) is 7.64. The lowest BCUT2D eigenvalue weighted by molar-refractivity contribution is 0.756. The molecule has 6 heteroatoms. The van der Waals surface area contributed by atoms with Crippen molar-refractivity contribution >= 4 is 34.7 Å². The van der Waals surface area contributed by atoms with Gasteiger partial charge in [-0.3, -0.25) is 9.38 Å². The molecule has 0 atom stereocenters. The first kappa shape index (κ1) is 17.3. The van der Waals surface area contributed by atoms with Gasteiger partial charge in [-0.1, -0.05) is 30.1 Å². The Morgan fingerprint density at radius 3 is 2.44 bits per heavy atom. The number of benzene rings is 1. The SMILES string of the molecule is CCc1nc2c(-c3ccc(Cl)cc3Cl)ncc(C)n2c1N(C1CC1)C1CC1. The van der Waals surface area contributed by atoms with Crippen LogP contribution in [0.1, 0.15) is 44.0 Å². The van der Waals surface area contributed by atoms with E-state index in [1.54, 1.807) is 6.07 Å². The third kappa shape index (κ3) is 2.90. The highest BCUT2D eigenvalue weighted by Gasteiger charge is 2.42. The third-order valence-corrected chi connectivity index (χ3v) is 6.06. The van der Waals surface area contributed by atoms with Gasteiger partial charge in [0.2, 0.25) is 0 Å². The Bertz CT molecular complexity index is 1020. The molecule has 2 fully saturated rings. The summed E-state index contributed by atoms with van der Waals surface area (Å²) in [5.41, 5.74) is 4.82. The van der Waals surface area contributed by atoms with Crippen molar-refractivity contribution < 1.29 is 0 Å². The van der Waals surface area contributed by atoms with Crippen LogP contribution in [-0.4, -0.2) is 26.5 Å². The maximum absolute atomic E-state index is 6.50. The van der Waals surface area contributed by atoms with Gasteiger partial charge in [-0.05, 0) is 57.2 Å². The fourth-order valence-electron chi connectivity index (χ4n) is 3.95. The van der Waals surface area contributed by atoms with Gasteiger partial charge in [-0.15, -0.1) is 0 Å². The first-order chi connectivity index (χ1) is 13.1. The first-order valence-electron chi connectivity index (χ1n) is 9.69. The second-order valence-corrected chi connectivity index (χ2v) is 8.48. The minimum atomic E-state index is 0.601. The molecule has 5 rings (SSSR count). The van der Waals surface area contributed by atoms with Crippen molar-refractivity contribution in [1.82, 2.24) is 14.4 Å². The number of aromatic nitrogens is 3. The molecule has 140 valence electrons. The van der Waals surface area contributed by atoms with E-state index < -0.39 is 0 Å². The molecule has 0 amide bonds. The van der Waals surface area contributed by atoms with E-state index in [0.717, 1.165) is 34.7 Å². The summed E-state index contributed by atoms with van der Waals surface area (Å²) in [5, 5.41) is 1.23. The Hall–Kier alpha value is -1.78. The fourth-order valence-corrected chi connectivity index (χ4v) is 4.44. The predicted molar refractivity (Wildman–Crippen MR) is 111 cm³/mol. The summed E-state index contributed by atoms with van der Waals surface area (Å²) in [6.45, 7) is 4.29. The van der Waals surface area contributed by atoms with Crippen molar-refractivity contribution in [2.24, 2.45) is 0 Å². The highest BCUT2D eigenvalue weighted by Crippen LogP contribution is 2.44. The van der Waals surface area contributed by atoms with Crippen molar-refractivity contribution in [2.45, 2.75) is 58.0 Å². The van der Waals surface area contributed by atoms with Gasteiger partial charge >= 0.3 is 0 Å². The third-order valence-electron chi connectivity index (χ3n) is 5.51.